The molecule has 3 N–H and O–H groups in total. The molecule has 19 heavy (non-hydrogen) atoms. The lowest BCUT2D eigenvalue weighted by molar-refractivity contribution is 0.0606. The molecule has 0 aliphatic carbocycles. The van der Waals surface area contributed by atoms with Crippen molar-refractivity contribution in [3.8, 4) is 5.75 Å². The van der Waals surface area contributed by atoms with Gasteiger partial charge in [0.1, 0.15) is 5.75 Å². The zero-order chi connectivity index (χ0) is 13.8. The topological polar surface area (TPSA) is 56.5 Å². The normalized spacial score (nSPS) is 24.7. The van der Waals surface area contributed by atoms with Crippen LogP contribution in [0.3, 0.4) is 0 Å². The van der Waals surface area contributed by atoms with Crippen molar-refractivity contribution >= 4 is 0 Å². The number of nitrogens with one attached hydrogen (secondary N) is 1. The average Bonchev–Trinajstić information content (AvgIpc) is 2.77. The summed E-state index contributed by atoms with van der Waals surface area (Å²) in [6, 6.07) is 8.08. The van der Waals surface area contributed by atoms with Gasteiger partial charge in [0, 0.05) is 6.61 Å². The SMILES string of the molecule is CC(C)Oc1cccc(C(NN)C2OCCC2C)c1. The molecule has 3 atom stereocenters. The molecule has 0 amide bonds. The first-order valence-corrected chi connectivity index (χ1v) is 6.96. The summed E-state index contributed by atoms with van der Waals surface area (Å²) in [4.78, 5) is 0. The molecule has 0 saturated carbocycles. The van der Waals surface area contributed by atoms with Gasteiger partial charge in [-0.2, -0.15) is 0 Å². The Morgan fingerprint density at radius 3 is 2.79 bits per heavy atom. The van der Waals surface area contributed by atoms with Gasteiger partial charge in [-0.25, -0.2) is 0 Å². The molecule has 1 saturated heterocycles. The summed E-state index contributed by atoms with van der Waals surface area (Å²) in [6.07, 6.45) is 1.38. The lowest BCUT2D eigenvalue weighted by Gasteiger charge is -2.26. The average molecular weight is 264 g/mol. The van der Waals surface area contributed by atoms with Crippen molar-refractivity contribution in [2.75, 3.05) is 6.61 Å². The van der Waals surface area contributed by atoms with Gasteiger partial charge in [0.2, 0.25) is 0 Å². The summed E-state index contributed by atoms with van der Waals surface area (Å²) < 4.78 is 11.5. The summed E-state index contributed by atoms with van der Waals surface area (Å²) in [5.74, 6) is 7.11. The van der Waals surface area contributed by atoms with Crippen molar-refractivity contribution in [3.05, 3.63) is 29.8 Å². The first-order valence-electron chi connectivity index (χ1n) is 6.96. The molecule has 4 nitrogen and oxygen atoms in total. The van der Waals surface area contributed by atoms with Crippen LogP contribution in [0.25, 0.3) is 0 Å². The highest BCUT2D eigenvalue weighted by atomic mass is 16.5. The number of benzene rings is 1. The van der Waals surface area contributed by atoms with Gasteiger partial charge in [0.05, 0.1) is 18.2 Å². The minimum absolute atomic E-state index is 0.00760. The zero-order valence-corrected chi connectivity index (χ0v) is 11.9. The number of hydrazine groups is 1. The Hall–Kier alpha value is -1.10. The van der Waals surface area contributed by atoms with Gasteiger partial charge in [0.15, 0.2) is 0 Å². The van der Waals surface area contributed by atoms with E-state index < -0.39 is 0 Å². The molecule has 0 bridgehead atoms. The number of rotatable bonds is 5. The van der Waals surface area contributed by atoms with E-state index in [0.29, 0.717) is 5.92 Å². The van der Waals surface area contributed by atoms with Gasteiger partial charge < -0.3 is 9.47 Å². The van der Waals surface area contributed by atoms with Gasteiger partial charge in [0.25, 0.3) is 0 Å². The van der Waals surface area contributed by atoms with Crippen molar-refractivity contribution in [2.24, 2.45) is 11.8 Å². The molecule has 0 spiro atoms. The Bertz CT molecular complexity index is 409. The van der Waals surface area contributed by atoms with Crippen molar-refractivity contribution in [1.29, 1.82) is 0 Å². The quantitative estimate of drug-likeness (QED) is 0.633. The number of hydrogen-bond donors (Lipinski definition) is 2. The molecular formula is C15H24N2O2. The smallest absolute Gasteiger partial charge is 0.120 e. The summed E-state index contributed by atoms with van der Waals surface area (Å²) in [7, 11) is 0. The van der Waals surface area contributed by atoms with Crippen LogP contribution in [-0.2, 0) is 4.74 Å². The number of ether oxygens (including phenoxy) is 2. The maximum atomic E-state index is 5.81. The Labute approximate surface area is 115 Å². The van der Waals surface area contributed by atoms with E-state index in [4.69, 9.17) is 15.3 Å². The third-order valence-electron chi connectivity index (χ3n) is 3.54. The van der Waals surface area contributed by atoms with Crippen molar-refractivity contribution in [1.82, 2.24) is 5.43 Å². The maximum absolute atomic E-state index is 5.81. The van der Waals surface area contributed by atoms with Crippen LogP contribution in [0.4, 0.5) is 0 Å². The van der Waals surface area contributed by atoms with Crippen LogP contribution in [0.15, 0.2) is 24.3 Å². The van der Waals surface area contributed by atoms with Crippen molar-refractivity contribution in [2.45, 2.75) is 45.4 Å². The number of hydrogen-bond acceptors (Lipinski definition) is 4. The molecule has 4 heteroatoms. The first-order chi connectivity index (χ1) is 9.11. The Balaban J connectivity index is 2.18. The zero-order valence-electron chi connectivity index (χ0n) is 11.9. The van der Waals surface area contributed by atoms with Crippen LogP contribution < -0.4 is 16.0 Å². The predicted molar refractivity (Wildman–Crippen MR) is 75.8 cm³/mol. The summed E-state index contributed by atoms with van der Waals surface area (Å²) in [5, 5.41) is 0. The molecule has 0 aromatic heterocycles. The van der Waals surface area contributed by atoms with E-state index in [-0.39, 0.29) is 18.2 Å². The van der Waals surface area contributed by atoms with Gasteiger partial charge in [-0.15, -0.1) is 0 Å². The van der Waals surface area contributed by atoms with Crippen molar-refractivity contribution in [3.63, 3.8) is 0 Å². The Kier molecular flexibility index (Phi) is 4.80. The van der Waals surface area contributed by atoms with Crippen LogP contribution >= 0.6 is 0 Å². The Morgan fingerprint density at radius 2 is 2.21 bits per heavy atom. The molecule has 1 aliphatic rings. The second kappa shape index (κ2) is 6.37. The number of nitrogens with two attached hydrogens (primary N) is 1. The summed E-state index contributed by atoms with van der Waals surface area (Å²) in [5.41, 5.74) is 4.00. The maximum Gasteiger partial charge on any atom is 0.120 e. The van der Waals surface area contributed by atoms with Crippen LogP contribution in [-0.4, -0.2) is 18.8 Å². The van der Waals surface area contributed by atoms with E-state index >= 15 is 0 Å². The van der Waals surface area contributed by atoms with E-state index in [1.54, 1.807) is 0 Å². The molecule has 1 aromatic carbocycles. The van der Waals surface area contributed by atoms with E-state index in [9.17, 15) is 0 Å². The fourth-order valence-electron chi connectivity index (χ4n) is 2.58. The standard InChI is InChI=1S/C15H24N2O2/c1-10(2)19-13-6-4-5-12(9-13)14(17-16)15-11(3)7-8-18-15/h4-6,9-11,14-15,17H,7-8,16H2,1-3H3. The van der Waals surface area contributed by atoms with Gasteiger partial charge in [-0.1, -0.05) is 19.1 Å². The van der Waals surface area contributed by atoms with Crippen LogP contribution in [0.5, 0.6) is 5.75 Å². The monoisotopic (exact) mass is 264 g/mol. The lowest BCUT2D eigenvalue weighted by Crippen LogP contribution is -2.38. The third-order valence-corrected chi connectivity index (χ3v) is 3.54. The molecular weight excluding hydrogens is 240 g/mol. The predicted octanol–water partition coefficient (Wildman–Crippen LogP) is 2.40. The fraction of sp³-hybridized carbons (Fsp3) is 0.600. The molecule has 0 radical (unpaired) electrons. The molecule has 1 aromatic rings. The van der Waals surface area contributed by atoms with Crippen LogP contribution in [0.2, 0.25) is 0 Å². The highest BCUT2D eigenvalue weighted by molar-refractivity contribution is 5.31. The first kappa shape index (κ1) is 14.3. The molecule has 1 heterocycles. The molecule has 106 valence electrons. The van der Waals surface area contributed by atoms with Crippen LogP contribution in [0, 0.1) is 5.92 Å². The third kappa shape index (κ3) is 3.47. The second-order valence-electron chi connectivity index (χ2n) is 5.48. The second-order valence-corrected chi connectivity index (χ2v) is 5.48. The molecule has 3 unspecified atom stereocenters. The van der Waals surface area contributed by atoms with Gasteiger partial charge >= 0.3 is 0 Å². The Morgan fingerprint density at radius 1 is 1.42 bits per heavy atom. The molecule has 1 aliphatic heterocycles. The van der Waals surface area contributed by atoms with Crippen molar-refractivity contribution < 1.29 is 9.47 Å². The molecule has 2 rings (SSSR count). The minimum Gasteiger partial charge on any atom is -0.491 e. The highest BCUT2D eigenvalue weighted by Gasteiger charge is 2.32. The van der Waals surface area contributed by atoms with E-state index in [1.807, 2.05) is 32.0 Å². The summed E-state index contributed by atoms with van der Waals surface area (Å²) >= 11 is 0. The van der Waals surface area contributed by atoms with E-state index in [1.165, 1.54) is 0 Å². The lowest BCUT2D eigenvalue weighted by atomic mass is 9.93. The fourth-order valence-corrected chi connectivity index (χ4v) is 2.58. The van der Waals surface area contributed by atoms with Gasteiger partial charge in [-0.05, 0) is 43.9 Å². The van der Waals surface area contributed by atoms with E-state index in [2.05, 4.69) is 18.4 Å². The molecule has 1 fully saturated rings. The summed E-state index contributed by atoms with van der Waals surface area (Å²) in [6.45, 7) is 7.06. The van der Waals surface area contributed by atoms with Crippen LogP contribution in [0.1, 0.15) is 38.8 Å². The van der Waals surface area contributed by atoms with Gasteiger partial charge in [-0.3, -0.25) is 11.3 Å². The minimum atomic E-state index is 0.00760. The highest BCUT2D eigenvalue weighted by Crippen LogP contribution is 2.32. The van der Waals surface area contributed by atoms with E-state index in [0.717, 1.165) is 24.3 Å². The largest absolute Gasteiger partial charge is 0.491 e.